The summed E-state index contributed by atoms with van der Waals surface area (Å²) in [7, 11) is 0.0906. The summed E-state index contributed by atoms with van der Waals surface area (Å²) in [5.41, 5.74) is 3.53. The summed E-state index contributed by atoms with van der Waals surface area (Å²) in [5, 5.41) is 3.01. The minimum Gasteiger partial charge on any atom is -0.497 e. The van der Waals surface area contributed by atoms with Crippen LogP contribution in [0.2, 0.25) is 0 Å². The predicted molar refractivity (Wildman–Crippen MR) is 195 cm³/mol. The Morgan fingerprint density at radius 1 is 0.760 bits per heavy atom. The van der Waals surface area contributed by atoms with Crippen LogP contribution in [0.15, 0.2) is 95.9 Å². The lowest BCUT2D eigenvalue weighted by atomic mass is 10.0. The lowest BCUT2D eigenvalue weighted by molar-refractivity contribution is -0.140. The van der Waals surface area contributed by atoms with Gasteiger partial charge in [0.2, 0.25) is 11.8 Å². The number of methoxy groups -OCH3 is 3. The molecule has 1 atom stereocenters. The summed E-state index contributed by atoms with van der Waals surface area (Å²) >= 11 is 0. The van der Waals surface area contributed by atoms with Crippen LogP contribution in [0.3, 0.4) is 0 Å². The molecule has 10 nitrogen and oxygen atoms in total. The van der Waals surface area contributed by atoms with Crippen molar-refractivity contribution in [1.29, 1.82) is 0 Å². The van der Waals surface area contributed by atoms with E-state index in [-0.39, 0.29) is 35.4 Å². The third kappa shape index (κ3) is 9.56. The zero-order valence-corrected chi connectivity index (χ0v) is 30.6. The minimum absolute atomic E-state index is 0.0275. The average molecular weight is 702 g/mol. The number of ether oxygens (including phenoxy) is 3. The highest BCUT2D eigenvalue weighted by Gasteiger charge is 2.35. The van der Waals surface area contributed by atoms with E-state index in [2.05, 4.69) is 5.32 Å². The van der Waals surface area contributed by atoms with Gasteiger partial charge < -0.3 is 24.4 Å². The fourth-order valence-electron chi connectivity index (χ4n) is 5.67. The Labute approximate surface area is 296 Å². The third-order valence-electron chi connectivity index (χ3n) is 8.16. The van der Waals surface area contributed by atoms with Gasteiger partial charge in [-0.15, -0.1) is 0 Å². The Kier molecular flexibility index (Phi) is 12.9. The smallest absolute Gasteiger partial charge is 0.264 e. The fourth-order valence-corrected chi connectivity index (χ4v) is 7.09. The van der Waals surface area contributed by atoms with Crippen molar-refractivity contribution in [2.24, 2.45) is 5.92 Å². The van der Waals surface area contributed by atoms with Crippen molar-refractivity contribution >= 4 is 27.5 Å². The molecule has 0 saturated carbocycles. The first-order valence-electron chi connectivity index (χ1n) is 16.4. The van der Waals surface area contributed by atoms with Crippen LogP contribution in [0.5, 0.6) is 17.2 Å². The molecule has 0 heterocycles. The molecule has 4 rings (SSSR count). The van der Waals surface area contributed by atoms with Crippen molar-refractivity contribution < 1.29 is 32.2 Å². The van der Waals surface area contributed by atoms with Crippen LogP contribution in [-0.4, -0.2) is 65.6 Å². The standard InChI is InChI=1S/C39H47N3O7S/c1-27(2)24-40-39(44)35(22-30-12-9-8-10-13-30)41(25-31-14-11-15-33(21-31)47-5)38(43)26-42(32-19-28(3)18-29(4)20-32)50(45,46)34-16-17-36(48-6)37(23-34)49-7/h8-21,23,27,35H,22,24-26H2,1-7H3,(H,40,44). The number of benzene rings is 4. The molecule has 4 aromatic rings. The quantitative estimate of drug-likeness (QED) is 0.154. The van der Waals surface area contributed by atoms with Crippen LogP contribution in [-0.2, 0) is 32.6 Å². The summed E-state index contributed by atoms with van der Waals surface area (Å²) in [6.07, 6.45) is 0.215. The fraction of sp³-hybridized carbons (Fsp3) is 0.333. The van der Waals surface area contributed by atoms with E-state index in [1.165, 1.54) is 37.3 Å². The number of aryl methyl sites for hydroxylation is 2. The van der Waals surface area contributed by atoms with E-state index < -0.39 is 28.5 Å². The van der Waals surface area contributed by atoms with Crippen LogP contribution < -0.4 is 23.8 Å². The average Bonchev–Trinajstić information content (AvgIpc) is 3.10. The van der Waals surface area contributed by atoms with Gasteiger partial charge in [0.1, 0.15) is 18.3 Å². The van der Waals surface area contributed by atoms with Gasteiger partial charge in [0.25, 0.3) is 10.0 Å². The Hall–Kier alpha value is -5.03. The molecule has 266 valence electrons. The Bertz CT molecular complexity index is 1860. The molecule has 2 amide bonds. The molecule has 0 saturated heterocycles. The number of rotatable bonds is 16. The van der Waals surface area contributed by atoms with Gasteiger partial charge in [0.05, 0.1) is 31.9 Å². The number of anilines is 1. The van der Waals surface area contributed by atoms with Gasteiger partial charge in [-0.05, 0) is 78.4 Å². The van der Waals surface area contributed by atoms with Crippen molar-refractivity contribution in [1.82, 2.24) is 10.2 Å². The number of carbonyl (C=O) groups excluding carboxylic acids is 2. The second kappa shape index (κ2) is 17.1. The molecule has 0 fully saturated rings. The van der Waals surface area contributed by atoms with E-state index in [4.69, 9.17) is 14.2 Å². The second-order valence-corrected chi connectivity index (χ2v) is 14.5. The molecular weight excluding hydrogens is 655 g/mol. The van der Waals surface area contributed by atoms with Crippen molar-refractivity contribution in [2.75, 3.05) is 38.7 Å². The van der Waals surface area contributed by atoms with Crippen molar-refractivity contribution in [3.63, 3.8) is 0 Å². The van der Waals surface area contributed by atoms with Crippen LogP contribution in [0.4, 0.5) is 5.69 Å². The maximum atomic E-state index is 14.8. The van der Waals surface area contributed by atoms with E-state index in [0.29, 0.717) is 29.3 Å². The van der Waals surface area contributed by atoms with Gasteiger partial charge in [-0.1, -0.05) is 62.4 Å². The highest BCUT2D eigenvalue weighted by atomic mass is 32.2. The minimum atomic E-state index is -4.35. The van der Waals surface area contributed by atoms with E-state index in [9.17, 15) is 18.0 Å². The summed E-state index contributed by atoms with van der Waals surface area (Å²) in [6.45, 7) is 7.58. The van der Waals surface area contributed by atoms with Gasteiger partial charge in [-0.3, -0.25) is 13.9 Å². The topological polar surface area (TPSA) is 114 Å². The SMILES string of the molecule is COc1cccc(CN(C(=O)CN(c2cc(C)cc(C)c2)S(=O)(=O)c2ccc(OC)c(OC)c2)C(Cc2ccccc2)C(=O)NCC(C)C)c1. The largest absolute Gasteiger partial charge is 0.497 e. The lowest BCUT2D eigenvalue weighted by Crippen LogP contribution is -2.53. The molecule has 0 radical (unpaired) electrons. The molecule has 11 heteroatoms. The molecule has 50 heavy (non-hydrogen) atoms. The van der Waals surface area contributed by atoms with E-state index >= 15 is 0 Å². The van der Waals surface area contributed by atoms with Crippen molar-refractivity contribution in [3.05, 3.63) is 113 Å². The van der Waals surface area contributed by atoms with Crippen molar-refractivity contribution in [3.8, 4) is 17.2 Å². The maximum absolute atomic E-state index is 14.8. The van der Waals surface area contributed by atoms with Crippen LogP contribution in [0.1, 0.15) is 36.1 Å². The third-order valence-corrected chi connectivity index (χ3v) is 9.93. The van der Waals surface area contributed by atoms with E-state index in [1.807, 2.05) is 76.2 Å². The lowest BCUT2D eigenvalue weighted by Gasteiger charge is -2.34. The van der Waals surface area contributed by atoms with Crippen LogP contribution >= 0.6 is 0 Å². The van der Waals surface area contributed by atoms with Crippen LogP contribution in [0, 0.1) is 19.8 Å². The Balaban J connectivity index is 1.86. The Morgan fingerprint density at radius 2 is 1.42 bits per heavy atom. The number of nitrogens with zero attached hydrogens (tertiary/aromatic N) is 2. The first kappa shape index (κ1) is 37.8. The number of amides is 2. The molecule has 4 aromatic carbocycles. The summed E-state index contributed by atoms with van der Waals surface area (Å²) in [6, 6.07) is 25.4. The molecule has 0 aliphatic rings. The first-order valence-corrected chi connectivity index (χ1v) is 17.9. The molecular formula is C39H47N3O7S. The van der Waals surface area contributed by atoms with Gasteiger partial charge >= 0.3 is 0 Å². The zero-order valence-electron chi connectivity index (χ0n) is 29.8. The molecule has 0 aromatic heterocycles. The predicted octanol–water partition coefficient (Wildman–Crippen LogP) is 5.94. The normalized spacial score (nSPS) is 11.8. The van der Waals surface area contributed by atoms with E-state index in [0.717, 1.165) is 21.0 Å². The molecule has 0 spiro atoms. The maximum Gasteiger partial charge on any atom is 0.264 e. The number of hydrogen-bond donors (Lipinski definition) is 1. The molecule has 1 unspecified atom stereocenters. The number of sulfonamides is 1. The molecule has 0 aliphatic heterocycles. The summed E-state index contributed by atoms with van der Waals surface area (Å²) in [5.74, 6) is 0.458. The van der Waals surface area contributed by atoms with Crippen molar-refractivity contribution in [2.45, 2.75) is 51.6 Å². The van der Waals surface area contributed by atoms with Gasteiger partial charge in [0, 0.05) is 25.6 Å². The van der Waals surface area contributed by atoms with Gasteiger partial charge in [-0.2, -0.15) is 0 Å². The van der Waals surface area contributed by atoms with E-state index in [1.54, 1.807) is 31.4 Å². The Morgan fingerprint density at radius 3 is 2.04 bits per heavy atom. The highest BCUT2D eigenvalue weighted by molar-refractivity contribution is 7.92. The second-order valence-electron chi connectivity index (χ2n) is 12.6. The number of hydrogen-bond acceptors (Lipinski definition) is 7. The summed E-state index contributed by atoms with van der Waals surface area (Å²) < 4.78 is 46.4. The zero-order chi connectivity index (χ0) is 36.4. The highest BCUT2D eigenvalue weighted by Crippen LogP contribution is 2.33. The number of carbonyl (C=O) groups is 2. The molecule has 1 N–H and O–H groups in total. The molecule has 0 bridgehead atoms. The molecule has 0 aliphatic carbocycles. The summed E-state index contributed by atoms with van der Waals surface area (Å²) in [4.78, 5) is 30.2. The monoisotopic (exact) mass is 701 g/mol. The van der Waals surface area contributed by atoms with Gasteiger partial charge in [-0.25, -0.2) is 8.42 Å². The number of nitrogens with one attached hydrogen (secondary N) is 1. The first-order chi connectivity index (χ1) is 23.9. The van der Waals surface area contributed by atoms with Gasteiger partial charge in [0.15, 0.2) is 11.5 Å². The van der Waals surface area contributed by atoms with Crippen LogP contribution in [0.25, 0.3) is 0 Å².